The zero-order valence-corrected chi connectivity index (χ0v) is 16.0. The van der Waals surface area contributed by atoms with E-state index in [2.05, 4.69) is 10.5 Å². The topological polar surface area (TPSA) is 99.9 Å². The summed E-state index contributed by atoms with van der Waals surface area (Å²) in [5.41, 5.74) is 1.49. The molecule has 27 heavy (non-hydrogen) atoms. The Labute approximate surface area is 164 Å². The molecule has 10 heteroatoms. The van der Waals surface area contributed by atoms with E-state index in [1.54, 1.807) is 25.1 Å². The van der Waals surface area contributed by atoms with Crippen molar-refractivity contribution in [2.75, 3.05) is 23.6 Å². The van der Waals surface area contributed by atoms with Gasteiger partial charge < -0.3 is 24.1 Å². The molecular formula is C17H17ClN2O6S. The third-order valence-electron chi connectivity index (χ3n) is 3.49. The van der Waals surface area contributed by atoms with Gasteiger partial charge in [-0.1, -0.05) is 16.8 Å². The molecule has 0 spiro atoms. The first-order chi connectivity index (χ1) is 13.0. The van der Waals surface area contributed by atoms with Crippen LogP contribution in [0.1, 0.15) is 16.9 Å². The summed E-state index contributed by atoms with van der Waals surface area (Å²) >= 11 is 7.21. The molecule has 2 aromatic rings. The fraction of sp³-hybridized carbons (Fsp3) is 0.353. The van der Waals surface area contributed by atoms with Gasteiger partial charge >= 0.3 is 5.97 Å². The average Bonchev–Trinajstić information content (AvgIpc) is 3.04. The number of anilines is 1. The van der Waals surface area contributed by atoms with Gasteiger partial charge in [0.15, 0.2) is 12.6 Å². The number of hydrogen-bond acceptors (Lipinski definition) is 8. The molecule has 1 amide bonds. The molecular weight excluding hydrogens is 396 g/mol. The van der Waals surface area contributed by atoms with Crippen molar-refractivity contribution >= 4 is 41.1 Å². The second-order valence-electron chi connectivity index (χ2n) is 5.69. The smallest absolute Gasteiger partial charge is 0.316 e. The summed E-state index contributed by atoms with van der Waals surface area (Å²) in [6.07, 6.45) is 0. The fourth-order valence-corrected chi connectivity index (χ4v) is 3.27. The molecule has 0 unspecified atom stereocenters. The summed E-state index contributed by atoms with van der Waals surface area (Å²) < 4.78 is 20.8. The highest BCUT2D eigenvalue weighted by Crippen LogP contribution is 2.32. The molecule has 0 atom stereocenters. The monoisotopic (exact) mass is 412 g/mol. The molecule has 0 fully saturated rings. The Morgan fingerprint density at radius 1 is 1.33 bits per heavy atom. The lowest BCUT2D eigenvalue weighted by Gasteiger charge is -2.21. The van der Waals surface area contributed by atoms with Crippen LogP contribution < -0.4 is 10.1 Å². The maximum Gasteiger partial charge on any atom is 0.316 e. The van der Waals surface area contributed by atoms with E-state index in [1.807, 2.05) is 0 Å². The minimum atomic E-state index is -0.439. The number of thioether (sulfide) groups is 1. The molecule has 0 saturated heterocycles. The Balaban J connectivity index is 1.42. The molecule has 0 bridgehead atoms. The predicted octanol–water partition coefficient (Wildman–Crippen LogP) is 2.92. The number of aromatic nitrogens is 1. The van der Waals surface area contributed by atoms with E-state index >= 15 is 0 Å². The first-order valence-corrected chi connectivity index (χ1v) is 9.53. The molecule has 0 saturated carbocycles. The molecule has 0 aliphatic carbocycles. The number of esters is 1. The lowest BCUT2D eigenvalue weighted by molar-refractivity contribution is -0.141. The summed E-state index contributed by atoms with van der Waals surface area (Å²) in [7, 11) is 0. The number of nitrogens with zero attached hydrogens (tertiary/aromatic N) is 1. The Kier molecular flexibility index (Phi) is 6.59. The average molecular weight is 413 g/mol. The van der Waals surface area contributed by atoms with Crippen molar-refractivity contribution < 1.29 is 28.3 Å². The van der Waals surface area contributed by atoms with Gasteiger partial charge in [0, 0.05) is 22.2 Å². The van der Waals surface area contributed by atoms with E-state index in [0.717, 1.165) is 17.3 Å². The van der Waals surface area contributed by atoms with Crippen LogP contribution in [0.3, 0.4) is 0 Å². The highest BCUT2D eigenvalue weighted by atomic mass is 35.5. The van der Waals surface area contributed by atoms with Crippen LogP contribution in [0.5, 0.6) is 5.75 Å². The molecule has 144 valence electrons. The lowest BCUT2D eigenvalue weighted by atomic mass is 10.1. The second-order valence-corrected chi connectivity index (χ2v) is 7.11. The predicted molar refractivity (Wildman–Crippen MR) is 98.7 cm³/mol. The molecule has 1 aromatic heterocycles. The first kappa shape index (κ1) is 19.5. The standard InChI is InChI=1S/C17H17ClN2O6S/c1-10-2-14(20-26-10)19-15(21)7-27-8-16(22)24-6-12-4-13(18)3-11-5-23-9-25-17(11)12/h2-4H,5-9H2,1H3,(H,19,20,21). The van der Waals surface area contributed by atoms with E-state index in [0.29, 0.717) is 34.5 Å². The summed E-state index contributed by atoms with van der Waals surface area (Å²) in [4.78, 5) is 23.7. The van der Waals surface area contributed by atoms with Crippen molar-refractivity contribution in [1.29, 1.82) is 0 Å². The molecule has 2 heterocycles. The number of rotatable bonds is 7. The molecule has 1 aromatic carbocycles. The number of hydrogen-bond donors (Lipinski definition) is 1. The van der Waals surface area contributed by atoms with Crippen LogP contribution in [0.4, 0.5) is 5.82 Å². The van der Waals surface area contributed by atoms with Crippen LogP contribution in [0.15, 0.2) is 22.7 Å². The molecule has 8 nitrogen and oxygen atoms in total. The minimum Gasteiger partial charge on any atom is -0.467 e. The van der Waals surface area contributed by atoms with Crippen LogP contribution in [-0.2, 0) is 32.3 Å². The first-order valence-electron chi connectivity index (χ1n) is 7.99. The Bertz CT molecular complexity index is 841. The number of carbonyl (C=O) groups excluding carboxylic acids is 2. The highest BCUT2D eigenvalue weighted by molar-refractivity contribution is 8.00. The van der Waals surface area contributed by atoms with E-state index in [1.165, 1.54) is 0 Å². The third-order valence-corrected chi connectivity index (χ3v) is 4.61. The molecule has 1 aliphatic rings. The van der Waals surface area contributed by atoms with Gasteiger partial charge in [0.05, 0.1) is 18.1 Å². The van der Waals surface area contributed by atoms with Crippen LogP contribution in [0, 0.1) is 6.92 Å². The van der Waals surface area contributed by atoms with Crippen molar-refractivity contribution in [3.8, 4) is 5.75 Å². The Hall–Kier alpha value is -2.23. The zero-order chi connectivity index (χ0) is 19.2. The summed E-state index contributed by atoms with van der Waals surface area (Å²) in [6, 6.07) is 5.06. The Morgan fingerprint density at radius 3 is 2.96 bits per heavy atom. The number of aryl methyl sites for hydroxylation is 1. The van der Waals surface area contributed by atoms with Crippen molar-refractivity contribution in [1.82, 2.24) is 5.16 Å². The quantitative estimate of drug-likeness (QED) is 0.693. The van der Waals surface area contributed by atoms with Gasteiger partial charge in [-0.05, 0) is 19.1 Å². The normalized spacial score (nSPS) is 12.8. The maximum atomic E-state index is 11.9. The molecule has 0 radical (unpaired) electrons. The number of fused-ring (bicyclic) bond motifs is 1. The zero-order valence-electron chi connectivity index (χ0n) is 14.5. The van der Waals surface area contributed by atoms with Crippen molar-refractivity contribution in [2.24, 2.45) is 0 Å². The van der Waals surface area contributed by atoms with Gasteiger partial charge in [-0.3, -0.25) is 9.59 Å². The number of amides is 1. The summed E-state index contributed by atoms with van der Waals surface area (Å²) in [6.45, 7) is 2.30. The lowest BCUT2D eigenvalue weighted by Crippen LogP contribution is -2.17. The van der Waals surface area contributed by atoms with E-state index in [-0.39, 0.29) is 30.8 Å². The number of carbonyl (C=O) groups is 2. The van der Waals surface area contributed by atoms with Crippen LogP contribution in [0.25, 0.3) is 0 Å². The SMILES string of the molecule is Cc1cc(NC(=O)CSCC(=O)OCc2cc(Cl)cc3c2OCOC3)no1. The van der Waals surface area contributed by atoms with Gasteiger partial charge in [-0.2, -0.15) is 0 Å². The number of ether oxygens (including phenoxy) is 3. The fourth-order valence-electron chi connectivity index (χ4n) is 2.40. The van der Waals surface area contributed by atoms with Crippen molar-refractivity contribution in [2.45, 2.75) is 20.1 Å². The highest BCUT2D eigenvalue weighted by Gasteiger charge is 2.18. The number of benzene rings is 1. The summed E-state index contributed by atoms with van der Waals surface area (Å²) in [5.74, 6) is 0.986. The van der Waals surface area contributed by atoms with Gasteiger partial charge in [0.2, 0.25) is 5.91 Å². The van der Waals surface area contributed by atoms with Gasteiger partial charge in [0.1, 0.15) is 18.1 Å². The van der Waals surface area contributed by atoms with Gasteiger partial charge in [0.25, 0.3) is 0 Å². The van der Waals surface area contributed by atoms with Crippen molar-refractivity contribution in [3.05, 3.63) is 40.1 Å². The van der Waals surface area contributed by atoms with Gasteiger partial charge in [-0.25, -0.2) is 0 Å². The second kappa shape index (κ2) is 9.12. The van der Waals surface area contributed by atoms with Crippen LogP contribution in [-0.4, -0.2) is 35.3 Å². The largest absolute Gasteiger partial charge is 0.467 e. The van der Waals surface area contributed by atoms with Gasteiger partial charge in [-0.15, -0.1) is 11.8 Å². The summed E-state index contributed by atoms with van der Waals surface area (Å²) in [5, 5.41) is 6.76. The molecule has 1 aliphatic heterocycles. The van der Waals surface area contributed by atoms with E-state index in [9.17, 15) is 9.59 Å². The number of nitrogens with one attached hydrogen (secondary N) is 1. The third kappa shape index (κ3) is 5.62. The van der Waals surface area contributed by atoms with Crippen molar-refractivity contribution in [3.63, 3.8) is 0 Å². The van der Waals surface area contributed by atoms with Crippen LogP contribution in [0.2, 0.25) is 5.02 Å². The van der Waals surface area contributed by atoms with E-state index in [4.69, 9.17) is 30.3 Å². The Morgan fingerprint density at radius 2 is 2.19 bits per heavy atom. The molecule has 3 rings (SSSR count). The van der Waals surface area contributed by atoms with E-state index < -0.39 is 5.97 Å². The number of halogens is 1. The molecule has 1 N–H and O–H groups in total. The minimum absolute atomic E-state index is 0.0344. The van der Waals surface area contributed by atoms with Crippen LogP contribution >= 0.6 is 23.4 Å². The maximum absolute atomic E-state index is 11.9.